The fourth-order valence-corrected chi connectivity index (χ4v) is 6.98. The van der Waals surface area contributed by atoms with Gasteiger partial charge < -0.3 is 24.6 Å². The number of carbonyl (C=O) groups is 2. The zero-order valence-corrected chi connectivity index (χ0v) is 28.3. The number of benzene rings is 3. The van der Waals surface area contributed by atoms with E-state index in [4.69, 9.17) is 32.7 Å². The molecule has 0 spiro atoms. The van der Waals surface area contributed by atoms with Gasteiger partial charge in [0.05, 0.1) is 35.4 Å². The fraction of sp³-hybridized carbons (Fsp3) is 0.394. The highest BCUT2D eigenvalue weighted by atomic mass is 35.5. The maximum absolute atomic E-state index is 13.2. The van der Waals surface area contributed by atoms with Crippen molar-refractivity contribution in [2.45, 2.75) is 17.7 Å². The van der Waals surface area contributed by atoms with E-state index in [2.05, 4.69) is 19.8 Å². The topological polar surface area (TPSA) is 121 Å². The molecular formula is C33H39Cl2N5O6S. The Labute approximate surface area is 285 Å². The molecule has 2 N–H and O–H groups in total. The van der Waals surface area contributed by atoms with E-state index < -0.39 is 15.9 Å². The highest BCUT2D eigenvalue weighted by Gasteiger charge is 2.21. The molecule has 0 radical (unpaired) electrons. The van der Waals surface area contributed by atoms with E-state index in [-0.39, 0.29) is 39.4 Å². The number of sulfonamides is 1. The molecule has 3 aromatic carbocycles. The minimum absolute atomic E-state index is 0.0523. The SMILES string of the molecule is O=C(NCC(=O)N1CCCN(CCCN2CCOCC2)CC1)c1ccc(S(=O)(=O)Nc2ccccc2Oc2ccc(Cl)cc2Cl)cc1. The monoisotopic (exact) mass is 703 g/mol. The van der Waals surface area contributed by atoms with Gasteiger partial charge in [-0.1, -0.05) is 35.3 Å². The molecule has 0 aromatic heterocycles. The van der Waals surface area contributed by atoms with Gasteiger partial charge >= 0.3 is 0 Å². The van der Waals surface area contributed by atoms with Crippen molar-refractivity contribution in [2.24, 2.45) is 0 Å². The largest absolute Gasteiger partial charge is 0.454 e. The van der Waals surface area contributed by atoms with Crippen molar-refractivity contribution in [1.82, 2.24) is 20.0 Å². The molecular weight excluding hydrogens is 665 g/mol. The van der Waals surface area contributed by atoms with Gasteiger partial charge in [-0.25, -0.2) is 8.42 Å². The molecule has 0 atom stereocenters. The van der Waals surface area contributed by atoms with Gasteiger partial charge in [-0.2, -0.15) is 0 Å². The van der Waals surface area contributed by atoms with Crippen molar-refractivity contribution < 1.29 is 27.5 Å². The van der Waals surface area contributed by atoms with E-state index in [1.54, 1.807) is 41.3 Å². The van der Waals surface area contributed by atoms with Crippen molar-refractivity contribution in [3.05, 3.63) is 82.3 Å². The first kappa shape index (κ1) is 34.9. The Bertz CT molecular complexity index is 1640. The number of anilines is 1. The molecule has 0 aliphatic carbocycles. The zero-order valence-electron chi connectivity index (χ0n) is 26.0. The molecule has 0 saturated carbocycles. The Hall–Kier alpha value is -3.39. The maximum Gasteiger partial charge on any atom is 0.262 e. The number of ether oxygens (including phenoxy) is 2. The molecule has 2 fully saturated rings. The van der Waals surface area contributed by atoms with E-state index in [1.165, 1.54) is 30.3 Å². The lowest BCUT2D eigenvalue weighted by Crippen LogP contribution is -2.42. The van der Waals surface area contributed by atoms with Gasteiger partial charge in [-0.15, -0.1) is 0 Å². The van der Waals surface area contributed by atoms with Crippen LogP contribution in [0, 0.1) is 0 Å². The average molecular weight is 705 g/mol. The second-order valence-corrected chi connectivity index (χ2v) is 13.9. The Kier molecular flexibility index (Phi) is 12.4. The number of amides is 2. The van der Waals surface area contributed by atoms with Crippen LogP contribution in [-0.4, -0.2) is 107 Å². The zero-order chi connectivity index (χ0) is 33.2. The van der Waals surface area contributed by atoms with E-state index >= 15 is 0 Å². The summed E-state index contributed by atoms with van der Waals surface area (Å²) in [6.07, 6.45) is 1.97. The molecule has 47 heavy (non-hydrogen) atoms. The Morgan fingerprint density at radius 2 is 1.55 bits per heavy atom. The number of hydrogen-bond acceptors (Lipinski definition) is 8. The third-order valence-corrected chi connectivity index (χ3v) is 9.98. The number of carbonyl (C=O) groups excluding carboxylic acids is 2. The number of rotatable bonds is 12. The third-order valence-electron chi connectivity index (χ3n) is 8.07. The molecule has 2 amide bonds. The Balaban J connectivity index is 1.10. The number of halogens is 2. The lowest BCUT2D eigenvalue weighted by molar-refractivity contribution is -0.130. The van der Waals surface area contributed by atoms with Crippen LogP contribution < -0.4 is 14.8 Å². The van der Waals surface area contributed by atoms with E-state index in [0.29, 0.717) is 23.9 Å². The normalized spacial score (nSPS) is 16.3. The van der Waals surface area contributed by atoms with Crippen molar-refractivity contribution >= 4 is 50.7 Å². The fourth-order valence-electron chi connectivity index (χ4n) is 5.46. The van der Waals surface area contributed by atoms with Gasteiger partial charge in [0.2, 0.25) is 5.91 Å². The molecule has 2 heterocycles. The van der Waals surface area contributed by atoms with Crippen LogP contribution in [0.25, 0.3) is 0 Å². The number of morpholine rings is 1. The molecule has 2 saturated heterocycles. The summed E-state index contributed by atoms with van der Waals surface area (Å²) in [6, 6.07) is 16.7. The van der Waals surface area contributed by atoms with Crippen molar-refractivity contribution in [3.63, 3.8) is 0 Å². The summed E-state index contributed by atoms with van der Waals surface area (Å²) < 4.78 is 40.2. The van der Waals surface area contributed by atoms with E-state index in [1.807, 2.05) is 0 Å². The quantitative estimate of drug-likeness (QED) is 0.282. The second-order valence-electron chi connectivity index (χ2n) is 11.4. The number of para-hydroxylation sites is 2. The Morgan fingerprint density at radius 3 is 2.30 bits per heavy atom. The smallest absolute Gasteiger partial charge is 0.262 e. The summed E-state index contributed by atoms with van der Waals surface area (Å²) in [5.41, 5.74) is 0.434. The van der Waals surface area contributed by atoms with Crippen molar-refractivity contribution in [2.75, 3.05) is 76.8 Å². The van der Waals surface area contributed by atoms with Gasteiger partial charge in [0.15, 0.2) is 5.75 Å². The van der Waals surface area contributed by atoms with Crippen LogP contribution in [0.5, 0.6) is 11.5 Å². The Morgan fingerprint density at radius 1 is 0.830 bits per heavy atom. The standard InChI is InChI=1S/C33H39Cl2N5O6S/c34-26-9-12-30(28(35)23-26)46-31-6-2-1-5-29(31)37-47(43,44)27-10-7-25(8-11-27)33(42)36-24-32(41)40-16-4-15-38(17-18-40)13-3-14-39-19-21-45-22-20-39/h1-2,5-12,23,37H,3-4,13-22,24H2,(H,36,42). The van der Waals surface area contributed by atoms with Gasteiger partial charge in [-0.05, 0) is 87.1 Å². The van der Waals surface area contributed by atoms with E-state index in [0.717, 1.165) is 65.3 Å². The number of hydrogen-bond donors (Lipinski definition) is 2. The lowest BCUT2D eigenvalue weighted by atomic mass is 10.2. The van der Waals surface area contributed by atoms with Crippen LogP contribution in [0.1, 0.15) is 23.2 Å². The second kappa shape index (κ2) is 16.6. The van der Waals surface area contributed by atoms with Crippen molar-refractivity contribution in [3.8, 4) is 11.5 Å². The summed E-state index contributed by atoms with van der Waals surface area (Å²) >= 11 is 12.2. The van der Waals surface area contributed by atoms with Crippen LogP contribution in [0.2, 0.25) is 10.0 Å². The lowest BCUT2D eigenvalue weighted by Gasteiger charge is -2.28. The van der Waals surface area contributed by atoms with Crippen LogP contribution >= 0.6 is 23.2 Å². The molecule has 2 aliphatic rings. The molecule has 11 nitrogen and oxygen atoms in total. The first-order valence-corrected chi connectivity index (χ1v) is 17.8. The molecule has 5 rings (SSSR count). The molecule has 0 bridgehead atoms. The summed E-state index contributed by atoms with van der Waals surface area (Å²) in [5, 5.41) is 3.39. The highest BCUT2D eigenvalue weighted by Crippen LogP contribution is 2.35. The number of nitrogens with one attached hydrogen (secondary N) is 2. The average Bonchev–Trinajstić information content (AvgIpc) is 3.32. The predicted octanol–water partition coefficient (Wildman–Crippen LogP) is 4.57. The van der Waals surface area contributed by atoms with E-state index in [9.17, 15) is 18.0 Å². The minimum Gasteiger partial charge on any atom is -0.454 e. The predicted molar refractivity (Wildman–Crippen MR) is 182 cm³/mol. The highest BCUT2D eigenvalue weighted by molar-refractivity contribution is 7.92. The van der Waals surface area contributed by atoms with Crippen LogP contribution in [0.15, 0.2) is 71.6 Å². The van der Waals surface area contributed by atoms with Gasteiger partial charge in [-0.3, -0.25) is 19.2 Å². The molecule has 14 heteroatoms. The van der Waals surface area contributed by atoms with Crippen LogP contribution in [0.3, 0.4) is 0 Å². The molecule has 2 aliphatic heterocycles. The van der Waals surface area contributed by atoms with Gasteiger partial charge in [0.25, 0.3) is 15.9 Å². The summed E-state index contributed by atoms with van der Waals surface area (Å²) in [6.45, 7) is 8.52. The van der Waals surface area contributed by atoms with Crippen LogP contribution in [-0.2, 0) is 19.6 Å². The minimum atomic E-state index is -4.04. The molecule has 0 unspecified atom stereocenters. The summed E-state index contributed by atoms with van der Waals surface area (Å²) in [5.74, 6) is -0.0579. The van der Waals surface area contributed by atoms with Gasteiger partial charge in [0, 0.05) is 43.3 Å². The first-order valence-electron chi connectivity index (χ1n) is 15.6. The summed E-state index contributed by atoms with van der Waals surface area (Å²) in [7, 11) is -4.04. The van der Waals surface area contributed by atoms with Crippen LogP contribution in [0.4, 0.5) is 5.69 Å². The summed E-state index contributed by atoms with van der Waals surface area (Å²) in [4.78, 5) is 32.3. The first-order chi connectivity index (χ1) is 22.7. The molecule has 3 aromatic rings. The number of nitrogens with zero attached hydrogens (tertiary/aromatic N) is 3. The molecule has 252 valence electrons. The third kappa shape index (κ3) is 10.1. The maximum atomic E-state index is 13.2. The van der Waals surface area contributed by atoms with Gasteiger partial charge in [0.1, 0.15) is 5.75 Å². The van der Waals surface area contributed by atoms with Crippen molar-refractivity contribution in [1.29, 1.82) is 0 Å².